The predicted molar refractivity (Wildman–Crippen MR) is 138 cm³/mol. The number of allylic oxidation sites excluding steroid dienone is 1. The van der Waals surface area contributed by atoms with Gasteiger partial charge in [0.2, 0.25) is 11.1 Å². The van der Waals surface area contributed by atoms with Gasteiger partial charge in [-0.25, -0.2) is 9.48 Å². The summed E-state index contributed by atoms with van der Waals surface area (Å²) in [7, 11) is 0. The van der Waals surface area contributed by atoms with Gasteiger partial charge in [0, 0.05) is 16.5 Å². The Bertz CT molecular complexity index is 1400. The number of hydrogen-bond donors (Lipinski definition) is 1. The molecule has 0 bridgehead atoms. The minimum atomic E-state index is -0.636. The fourth-order valence-electron chi connectivity index (χ4n) is 3.75. The number of benzene rings is 2. The van der Waals surface area contributed by atoms with Gasteiger partial charge in [0.05, 0.1) is 5.57 Å². The summed E-state index contributed by atoms with van der Waals surface area (Å²) in [6, 6.07) is 20.2. The van der Waals surface area contributed by atoms with Crippen molar-refractivity contribution in [2.24, 2.45) is 0 Å². The smallest absolute Gasteiger partial charge is 0.338 e. The summed E-state index contributed by atoms with van der Waals surface area (Å²) in [6.07, 6.45) is 0. The van der Waals surface area contributed by atoms with Gasteiger partial charge in [-0.2, -0.15) is 4.98 Å². The van der Waals surface area contributed by atoms with Crippen molar-refractivity contribution in [2.75, 3.05) is 5.32 Å². The highest BCUT2D eigenvalue weighted by atomic mass is 79.9. The standard InChI is InChI=1S/C25H20BrClN4O3S/c1-15-21(23(32)33-13-16-7-3-2-4-8-16)22(19-11-12-20(26)34-19)31-24(28-15)29-25(30-31)35-14-17-9-5-6-10-18(17)27/h2-12,22H,13-14H2,1H3,(H,28,29,30). The first-order valence-electron chi connectivity index (χ1n) is 10.8. The summed E-state index contributed by atoms with van der Waals surface area (Å²) in [6.45, 7) is 1.98. The molecule has 0 spiro atoms. The van der Waals surface area contributed by atoms with Gasteiger partial charge < -0.3 is 14.5 Å². The van der Waals surface area contributed by atoms with E-state index in [1.165, 1.54) is 11.8 Å². The quantitative estimate of drug-likeness (QED) is 0.197. The van der Waals surface area contributed by atoms with E-state index in [9.17, 15) is 4.79 Å². The van der Waals surface area contributed by atoms with Gasteiger partial charge in [-0.05, 0) is 52.2 Å². The molecule has 1 atom stereocenters. The molecule has 1 aliphatic rings. The van der Waals surface area contributed by atoms with Crippen molar-refractivity contribution in [2.45, 2.75) is 30.5 Å². The van der Waals surface area contributed by atoms with Crippen LogP contribution in [0.5, 0.6) is 0 Å². The number of fused-ring (bicyclic) bond motifs is 1. The summed E-state index contributed by atoms with van der Waals surface area (Å²) >= 11 is 11.1. The molecule has 7 nitrogen and oxygen atoms in total. The summed E-state index contributed by atoms with van der Waals surface area (Å²) in [4.78, 5) is 17.9. The number of nitrogens with zero attached hydrogens (tertiary/aromatic N) is 3. The predicted octanol–water partition coefficient (Wildman–Crippen LogP) is 6.61. The second kappa shape index (κ2) is 10.3. The highest BCUT2D eigenvalue weighted by Crippen LogP contribution is 2.38. The summed E-state index contributed by atoms with van der Waals surface area (Å²) < 4.78 is 13.7. The number of rotatable bonds is 7. The van der Waals surface area contributed by atoms with E-state index in [1.807, 2.05) is 61.5 Å². The molecule has 3 heterocycles. The number of esters is 1. The van der Waals surface area contributed by atoms with Crippen LogP contribution in [0.4, 0.5) is 5.95 Å². The van der Waals surface area contributed by atoms with Crippen molar-refractivity contribution in [3.05, 3.63) is 105 Å². The van der Waals surface area contributed by atoms with Gasteiger partial charge in [-0.15, -0.1) is 5.10 Å². The fraction of sp³-hybridized carbons (Fsp3) is 0.160. The second-order valence-corrected chi connectivity index (χ2v) is 9.94. The van der Waals surface area contributed by atoms with E-state index in [1.54, 1.807) is 16.8 Å². The van der Waals surface area contributed by atoms with E-state index in [0.717, 1.165) is 11.1 Å². The lowest BCUT2D eigenvalue weighted by molar-refractivity contribution is -0.140. The van der Waals surface area contributed by atoms with Crippen LogP contribution in [-0.2, 0) is 21.9 Å². The summed E-state index contributed by atoms with van der Waals surface area (Å²) in [5, 5.41) is 9.14. The Morgan fingerprint density at radius 3 is 2.69 bits per heavy atom. The number of carbonyl (C=O) groups excluding carboxylic acids is 1. The minimum Gasteiger partial charge on any atom is -0.457 e. The van der Waals surface area contributed by atoms with Crippen molar-refractivity contribution in [1.29, 1.82) is 0 Å². The summed E-state index contributed by atoms with van der Waals surface area (Å²) in [5.74, 6) is 1.21. The van der Waals surface area contributed by atoms with Gasteiger partial charge in [0.1, 0.15) is 18.4 Å². The van der Waals surface area contributed by atoms with Crippen LogP contribution < -0.4 is 5.32 Å². The van der Waals surface area contributed by atoms with Crippen LogP contribution in [0.2, 0.25) is 5.02 Å². The topological polar surface area (TPSA) is 82.2 Å². The molecule has 1 N–H and O–H groups in total. The molecule has 0 aliphatic carbocycles. The molecule has 2 aromatic heterocycles. The first-order valence-corrected chi connectivity index (χ1v) is 12.9. The van der Waals surface area contributed by atoms with Crippen molar-refractivity contribution in [3.63, 3.8) is 0 Å². The molecule has 1 unspecified atom stereocenters. The van der Waals surface area contributed by atoms with Crippen LogP contribution in [-0.4, -0.2) is 20.7 Å². The molecule has 0 saturated carbocycles. The molecule has 1 aliphatic heterocycles. The Morgan fingerprint density at radius 1 is 1.17 bits per heavy atom. The number of aromatic nitrogens is 3. The first-order chi connectivity index (χ1) is 17.0. The monoisotopic (exact) mass is 570 g/mol. The van der Waals surface area contributed by atoms with Gasteiger partial charge in [0.15, 0.2) is 4.67 Å². The molecular weight excluding hydrogens is 552 g/mol. The molecule has 0 fully saturated rings. The molecule has 178 valence electrons. The number of anilines is 1. The molecule has 5 rings (SSSR count). The molecule has 0 saturated heterocycles. The average Bonchev–Trinajstić information content (AvgIpc) is 3.47. The zero-order valence-corrected chi connectivity index (χ0v) is 21.7. The van der Waals surface area contributed by atoms with Crippen molar-refractivity contribution >= 4 is 51.2 Å². The second-order valence-electron chi connectivity index (χ2n) is 7.81. The molecule has 0 amide bonds. The van der Waals surface area contributed by atoms with Gasteiger partial charge in [-0.1, -0.05) is 71.9 Å². The lowest BCUT2D eigenvalue weighted by Gasteiger charge is -2.26. The van der Waals surface area contributed by atoms with Crippen LogP contribution in [0, 0.1) is 0 Å². The highest BCUT2D eigenvalue weighted by Gasteiger charge is 2.37. The van der Waals surface area contributed by atoms with Crippen molar-refractivity contribution in [1.82, 2.24) is 14.8 Å². The third-order valence-electron chi connectivity index (χ3n) is 5.44. The molecule has 35 heavy (non-hydrogen) atoms. The van der Waals surface area contributed by atoms with Crippen LogP contribution >= 0.6 is 39.3 Å². The van der Waals surface area contributed by atoms with E-state index < -0.39 is 12.0 Å². The molecule has 4 aromatic rings. The number of furan rings is 1. The van der Waals surface area contributed by atoms with E-state index in [4.69, 9.17) is 25.9 Å². The number of thioether (sulfide) groups is 1. The number of halogens is 2. The fourth-order valence-corrected chi connectivity index (χ4v) is 5.19. The van der Waals surface area contributed by atoms with Crippen LogP contribution in [0.3, 0.4) is 0 Å². The van der Waals surface area contributed by atoms with E-state index in [2.05, 4.69) is 26.2 Å². The highest BCUT2D eigenvalue weighted by molar-refractivity contribution is 9.10. The van der Waals surface area contributed by atoms with Gasteiger partial charge in [0.25, 0.3) is 0 Å². The Balaban J connectivity index is 1.43. The number of carbonyl (C=O) groups is 1. The van der Waals surface area contributed by atoms with Gasteiger partial charge in [-0.3, -0.25) is 0 Å². The number of nitrogens with one attached hydrogen (secondary N) is 1. The third-order valence-corrected chi connectivity index (χ3v) is 7.13. The molecule has 2 aromatic carbocycles. The molecule has 10 heteroatoms. The Labute approximate surface area is 219 Å². The van der Waals surface area contributed by atoms with Crippen LogP contribution in [0.15, 0.2) is 92.2 Å². The first kappa shape index (κ1) is 23.7. The maximum atomic E-state index is 13.3. The van der Waals surface area contributed by atoms with E-state index >= 15 is 0 Å². The Morgan fingerprint density at radius 2 is 1.94 bits per heavy atom. The maximum Gasteiger partial charge on any atom is 0.338 e. The molecular formula is C25H20BrClN4O3S. The largest absolute Gasteiger partial charge is 0.457 e. The lowest BCUT2D eigenvalue weighted by Crippen LogP contribution is -2.29. The molecule has 0 radical (unpaired) electrons. The Hall–Kier alpha value is -3.01. The number of hydrogen-bond acceptors (Lipinski definition) is 7. The zero-order valence-electron chi connectivity index (χ0n) is 18.6. The zero-order chi connectivity index (χ0) is 24.4. The van der Waals surface area contributed by atoms with Gasteiger partial charge >= 0.3 is 5.97 Å². The third kappa shape index (κ3) is 5.17. The SMILES string of the molecule is CC1=C(C(=O)OCc2ccccc2)C(c2ccc(Br)o2)n2nc(SCc3ccccc3Cl)nc2N1. The van der Waals surface area contributed by atoms with Crippen LogP contribution in [0.25, 0.3) is 0 Å². The van der Waals surface area contributed by atoms with E-state index in [-0.39, 0.29) is 6.61 Å². The van der Waals surface area contributed by atoms with Crippen LogP contribution in [0.1, 0.15) is 29.9 Å². The number of ether oxygens (including phenoxy) is 1. The average molecular weight is 572 g/mol. The lowest BCUT2D eigenvalue weighted by atomic mass is 10.0. The summed E-state index contributed by atoms with van der Waals surface area (Å²) in [5.41, 5.74) is 2.93. The Kier molecular flexibility index (Phi) is 6.99. The minimum absolute atomic E-state index is 0.161. The normalized spacial score (nSPS) is 15.0. The van der Waals surface area contributed by atoms with Crippen molar-refractivity contribution < 1.29 is 13.9 Å². The maximum absolute atomic E-state index is 13.3. The van der Waals surface area contributed by atoms with Crippen molar-refractivity contribution in [3.8, 4) is 0 Å². The van der Waals surface area contributed by atoms with E-state index in [0.29, 0.717) is 43.6 Å².